The first kappa shape index (κ1) is 11.0. The maximum atomic E-state index is 12.4. The van der Waals surface area contributed by atoms with Gasteiger partial charge in [-0.1, -0.05) is 12.1 Å². The Labute approximate surface area is 109 Å². The predicted molar refractivity (Wildman–Crippen MR) is 62.3 cm³/mol. The molecule has 2 atom stereocenters. The number of hydrogen-bond acceptors (Lipinski definition) is 5. The number of hydrazine groups is 1. The number of nitrogens with zero attached hydrogens (tertiary/aromatic N) is 2. The Morgan fingerprint density at radius 1 is 1.32 bits per heavy atom. The van der Waals surface area contributed by atoms with Crippen LogP contribution in [0.2, 0.25) is 0 Å². The van der Waals surface area contributed by atoms with E-state index in [0.29, 0.717) is 24.1 Å². The van der Waals surface area contributed by atoms with Crippen LogP contribution in [0, 0.1) is 0 Å². The van der Waals surface area contributed by atoms with Crippen molar-refractivity contribution in [3.8, 4) is 0 Å². The van der Waals surface area contributed by atoms with Crippen molar-refractivity contribution in [1.29, 1.82) is 0 Å². The van der Waals surface area contributed by atoms with E-state index in [0.717, 1.165) is 6.42 Å². The van der Waals surface area contributed by atoms with Gasteiger partial charge in [-0.3, -0.25) is 9.59 Å². The van der Waals surface area contributed by atoms with Crippen LogP contribution < -0.4 is 0 Å². The Balaban J connectivity index is 1.91. The molecule has 0 saturated carbocycles. The molecule has 1 aromatic rings. The van der Waals surface area contributed by atoms with Crippen molar-refractivity contribution >= 4 is 11.9 Å². The van der Waals surface area contributed by atoms with Gasteiger partial charge in [-0.15, -0.1) is 0 Å². The van der Waals surface area contributed by atoms with Gasteiger partial charge in [-0.05, 0) is 25.0 Å². The van der Waals surface area contributed by atoms with Crippen LogP contribution in [0.3, 0.4) is 0 Å². The van der Waals surface area contributed by atoms with Gasteiger partial charge in [-0.25, -0.2) is 0 Å². The van der Waals surface area contributed by atoms with Gasteiger partial charge in [0, 0.05) is 6.54 Å². The summed E-state index contributed by atoms with van der Waals surface area (Å²) in [5.74, 6) is -2.77. The highest BCUT2D eigenvalue weighted by Gasteiger charge is 2.61. The van der Waals surface area contributed by atoms with Gasteiger partial charge in [-0.2, -0.15) is 10.0 Å². The number of fused-ring (bicyclic) bond motifs is 5. The molecule has 2 fully saturated rings. The van der Waals surface area contributed by atoms with Crippen LogP contribution in [-0.2, 0) is 15.4 Å². The van der Waals surface area contributed by atoms with Gasteiger partial charge < -0.3 is 9.84 Å². The first-order valence-electron chi connectivity index (χ1n) is 6.29. The lowest BCUT2D eigenvalue weighted by atomic mass is 10.1. The van der Waals surface area contributed by atoms with E-state index < -0.39 is 17.9 Å². The van der Waals surface area contributed by atoms with E-state index in [1.165, 1.54) is 5.01 Å². The summed E-state index contributed by atoms with van der Waals surface area (Å²) in [6, 6.07) is 6.21. The fourth-order valence-electron chi connectivity index (χ4n) is 3.15. The second kappa shape index (κ2) is 3.34. The van der Waals surface area contributed by atoms with Crippen molar-refractivity contribution in [1.82, 2.24) is 10.0 Å². The van der Waals surface area contributed by atoms with Crippen molar-refractivity contribution in [2.24, 2.45) is 0 Å². The third-order valence-corrected chi connectivity index (χ3v) is 3.98. The summed E-state index contributed by atoms with van der Waals surface area (Å²) in [7, 11) is 0. The van der Waals surface area contributed by atoms with E-state index in [1.54, 1.807) is 29.3 Å². The van der Waals surface area contributed by atoms with Gasteiger partial charge in [0.25, 0.3) is 5.91 Å². The van der Waals surface area contributed by atoms with Gasteiger partial charge >= 0.3 is 11.9 Å². The zero-order chi connectivity index (χ0) is 13.2. The summed E-state index contributed by atoms with van der Waals surface area (Å²) in [6.45, 7) is 0.571. The van der Waals surface area contributed by atoms with Crippen molar-refractivity contribution in [2.75, 3.05) is 6.54 Å². The van der Waals surface area contributed by atoms with Crippen LogP contribution in [0.4, 0.5) is 0 Å². The highest BCUT2D eigenvalue weighted by Crippen LogP contribution is 2.44. The largest absolute Gasteiger partial charge is 0.407 e. The molecule has 0 spiro atoms. The summed E-state index contributed by atoms with van der Waals surface area (Å²) in [6.07, 6.45) is 1.45. The van der Waals surface area contributed by atoms with Gasteiger partial charge in [0.2, 0.25) is 0 Å². The topological polar surface area (TPSA) is 70.1 Å². The fraction of sp³-hybridized carbons (Fsp3) is 0.385. The molecule has 0 bridgehead atoms. The predicted octanol–water partition coefficient (Wildman–Crippen LogP) is 0.181. The minimum Gasteiger partial charge on any atom is -0.407 e. The monoisotopic (exact) mass is 260 g/mol. The maximum Gasteiger partial charge on any atom is 0.340 e. The number of hydrogen-bond donors (Lipinski definition) is 1. The minimum absolute atomic E-state index is 0.322. The number of esters is 1. The van der Waals surface area contributed by atoms with Crippen LogP contribution in [0.1, 0.15) is 28.8 Å². The highest BCUT2D eigenvalue weighted by molar-refractivity contribution is 6.00. The second-order valence-electron chi connectivity index (χ2n) is 5.01. The average Bonchev–Trinajstić information content (AvgIpc) is 2.94. The summed E-state index contributed by atoms with van der Waals surface area (Å²) < 4.78 is 5.19. The number of benzene rings is 1. The van der Waals surface area contributed by atoms with Crippen molar-refractivity contribution < 1.29 is 19.4 Å². The number of aliphatic hydroxyl groups is 1. The van der Waals surface area contributed by atoms with E-state index in [2.05, 4.69) is 0 Å². The highest BCUT2D eigenvalue weighted by atomic mass is 16.7. The molecule has 3 aliphatic heterocycles. The lowest BCUT2D eigenvalue weighted by Crippen LogP contribution is -2.64. The standard InChI is InChI=1S/C13H12N2O4/c16-11-8-4-1-2-5-9(8)13(18)15(11)14-7-3-6-10(14)12(17)19-13/h1-2,4-5,10,18H,3,6-7H2/t10-,13-/m1/s1. The molecule has 6 heteroatoms. The summed E-state index contributed by atoms with van der Waals surface area (Å²) in [5, 5.41) is 13.5. The van der Waals surface area contributed by atoms with E-state index in [-0.39, 0.29) is 5.91 Å². The normalized spacial score (nSPS) is 32.9. The summed E-state index contributed by atoms with van der Waals surface area (Å²) in [4.78, 5) is 24.4. The summed E-state index contributed by atoms with van der Waals surface area (Å²) >= 11 is 0. The van der Waals surface area contributed by atoms with Gasteiger partial charge in [0.15, 0.2) is 0 Å². The molecule has 0 aromatic heterocycles. The number of ether oxygens (including phenoxy) is 1. The molecule has 6 nitrogen and oxygen atoms in total. The minimum atomic E-state index is -1.98. The van der Waals surface area contributed by atoms with Crippen LogP contribution in [0.25, 0.3) is 0 Å². The van der Waals surface area contributed by atoms with E-state index >= 15 is 0 Å². The van der Waals surface area contributed by atoms with E-state index in [9.17, 15) is 14.7 Å². The molecule has 1 amide bonds. The smallest absolute Gasteiger partial charge is 0.340 e. The Kier molecular flexibility index (Phi) is 1.93. The number of carbonyl (C=O) groups excluding carboxylic acids is 2. The molecule has 2 saturated heterocycles. The molecule has 0 unspecified atom stereocenters. The molecule has 1 aromatic carbocycles. The molecule has 0 aliphatic carbocycles. The molecular formula is C13H12N2O4. The Hall–Kier alpha value is -1.92. The van der Waals surface area contributed by atoms with Crippen LogP contribution in [0.5, 0.6) is 0 Å². The quantitative estimate of drug-likeness (QED) is 0.674. The van der Waals surface area contributed by atoms with Gasteiger partial charge in [0.05, 0.1) is 11.1 Å². The molecular weight excluding hydrogens is 248 g/mol. The lowest BCUT2D eigenvalue weighted by molar-refractivity contribution is -0.338. The first-order chi connectivity index (χ1) is 9.13. The van der Waals surface area contributed by atoms with Gasteiger partial charge in [0.1, 0.15) is 6.04 Å². The molecule has 0 radical (unpaired) electrons. The Morgan fingerprint density at radius 2 is 2.11 bits per heavy atom. The number of amides is 1. The Morgan fingerprint density at radius 3 is 2.95 bits per heavy atom. The third kappa shape index (κ3) is 1.18. The molecule has 3 heterocycles. The second-order valence-corrected chi connectivity index (χ2v) is 5.01. The molecule has 98 valence electrons. The molecule has 1 N–H and O–H groups in total. The van der Waals surface area contributed by atoms with Crippen molar-refractivity contribution in [3.63, 3.8) is 0 Å². The van der Waals surface area contributed by atoms with E-state index in [1.807, 2.05) is 0 Å². The molecule has 4 rings (SSSR count). The number of carbonyl (C=O) groups is 2. The van der Waals surface area contributed by atoms with Crippen LogP contribution >= 0.6 is 0 Å². The van der Waals surface area contributed by atoms with Crippen LogP contribution in [0.15, 0.2) is 24.3 Å². The zero-order valence-corrected chi connectivity index (χ0v) is 10.1. The van der Waals surface area contributed by atoms with Crippen molar-refractivity contribution in [2.45, 2.75) is 24.8 Å². The SMILES string of the molecule is O=C1O[C@]2(O)c3ccccc3C(=O)N2N2CCC[C@H]12. The zero-order valence-electron chi connectivity index (χ0n) is 10.1. The Bertz CT molecular complexity index is 602. The summed E-state index contributed by atoms with van der Waals surface area (Å²) in [5.41, 5.74) is 0.712. The fourth-order valence-corrected chi connectivity index (χ4v) is 3.15. The maximum absolute atomic E-state index is 12.4. The lowest BCUT2D eigenvalue weighted by Gasteiger charge is -2.44. The molecule has 3 aliphatic rings. The molecule has 19 heavy (non-hydrogen) atoms. The van der Waals surface area contributed by atoms with Crippen LogP contribution in [-0.4, -0.2) is 39.6 Å². The first-order valence-corrected chi connectivity index (χ1v) is 6.29. The number of rotatable bonds is 0. The van der Waals surface area contributed by atoms with Crippen molar-refractivity contribution in [3.05, 3.63) is 35.4 Å². The van der Waals surface area contributed by atoms with E-state index in [4.69, 9.17) is 4.74 Å². The average molecular weight is 260 g/mol. The third-order valence-electron chi connectivity index (χ3n) is 3.98.